The highest BCUT2D eigenvalue weighted by molar-refractivity contribution is 9.09. The number of alkyl halides is 2. The van der Waals surface area contributed by atoms with Crippen LogP contribution in [0.25, 0.3) is 0 Å². The Labute approximate surface area is 64.0 Å². The van der Waals surface area contributed by atoms with Gasteiger partial charge < -0.3 is 0 Å². The fourth-order valence-electron chi connectivity index (χ4n) is 0.376. The molecule has 0 heterocycles. The van der Waals surface area contributed by atoms with Crippen LogP contribution >= 0.6 is 27.5 Å². The lowest BCUT2D eigenvalue weighted by Crippen LogP contribution is -1.70. The number of hydrogen-bond donors (Lipinski definition) is 0. The molecule has 0 aliphatic heterocycles. The first-order valence-electron chi connectivity index (χ1n) is 2.68. The van der Waals surface area contributed by atoms with Gasteiger partial charge in [0, 0.05) is 11.2 Å². The molecule has 0 unspecified atom stereocenters. The Morgan fingerprint density at radius 2 is 2.12 bits per heavy atom. The summed E-state index contributed by atoms with van der Waals surface area (Å²) in [5, 5.41) is 0.954. The highest BCUT2D eigenvalue weighted by atomic mass is 79.9. The number of unbranched alkanes of at least 4 members (excludes halogenated alkanes) is 1. The van der Waals surface area contributed by atoms with Crippen molar-refractivity contribution >= 4 is 27.5 Å². The summed E-state index contributed by atoms with van der Waals surface area (Å²) in [6, 6.07) is 0. The summed E-state index contributed by atoms with van der Waals surface area (Å²) >= 11 is 8.72. The summed E-state index contributed by atoms with van der Waals surface area (Å²) in [5.74, 6) is 0.770. The van der Waals surface area contributed by atoms with Crippen LogP contribution in [-0.4, -0.2) is 11.2 Å². The number of allylic oxidation sites excluding steroid dienone is 2. The molecule has 8 heavy (non-hydrogen) atoms. The molecule has 48 valence electrons. The maximum atomic E-state index is 5.43. The second-order valence-electron chi connectivity index (χ2n) is 1.46. The number of hydrogen-bond acceptors (Lipinski definition) is 0. The van der Waals surface area contributed by atoms with E-state index >= 15 is 0 Å². The summed E-state index contributed by atoms with van der Waals surface area (Å²) in [6.45, 7) is 0. The predicted octanol–water partition coefficient (Wildman–Crippen LogP) is 2.96. The van der Waals surface area contributed by atoms with Crippen molar-refractivity contribution in [3.63, 3.8) is 0 Å². The number of rotatable bonds is 4. The quantitative estimate of drug-likeness (QED) is 0.369. The van der Waals surface area contributed by atoms with E-state index in [2.05, 4.69) is 28.1 Å². The van der Waals surface area contributed by atoms with Gasteiger partial charge in [0.05, 0.1) is 0 Å². The largest absolute Gasteiger partial charge is 0.127 e. The third-order valence-electron chi connectivity index (χ3n) is 0.760. The normalized spacial score (nSPS) is 10.8. The molecular weight excluding hydrogens is 187 g/mol. The van der Waals surface area contributed by atoms with Gasteiger partial charge >= 0.3 is 0 Å². The van der Waals surface area contributed by atoms with Crippen molar-refractivity contribution in [2.45, 2.75) is 12.8 Å². The minimum atomic E-state index is 0.770. The van der Waals surface area contributed by atoms with Crippen LogP contribution in [0.3, 0.4) is 0 Å². The van der Waals surface area contributed by atoms with Crippen molar-refractivity contribution in [2.24, 2.45) is 0 Å². The second kappa shape index (κ2) is 7.51. The van der Waals surface area contributed by atoms with Gasteiger partial charge in [-0.15, -0.1) is 11.6 Å². The van der Waals surface area contributed by atoms with Crippen molar-refractivity contribution in [1.82, 2.24) is 0 Å². The standard InChI is InChI=1S/C6H10BrCl/c7-5-3-1-2-4-6-8/h1,3H,2,4-6H2/b3-1+. The van der Waals surface area contributed by atoms with Crippen LogP contribution in [0.4, 0.5) is 0 Å². The van der Waals surface area contributed by atoms with Gasteiger partial charge in [-0.25, -0.2) is 0 Å². The van der Waals surface area contributed by atoms with E-state index in [0.29, 0.717) is 0 Å². The summed E-state index contributed by atoms with van der Waals surface area (Å²) in [6.07, 6.45) is 6.42. The van der Waals surface area contributed by atoms with Crippen molar-refractivity contribution in [3.8, 4) is 0 Å². The minimum absolute atomic E-state index is 0.770. The molecule has 0 aliphatic rings. The van der Waals surface area contributed by atoms with Crippen LogP contribution in [0.5, 0.6) is 0 Å². The van der Waals surface area contributed by atoms with Gasteiger partial charge in [0.1, 0.15) is 0 Å². The monoisotopic (exact) mass is 196 g/mol. The van der Waals surface area contributed by atoms with Gasteiger partial charge in [-0.3, -0.25) is 0 Å². The summed E-state index contributed by atoms with van der Waals surface area (Å²) < 4.78 is 0. The maximum absolute atomic E-state index is 5.43. The summed E-state index contributed by atoms with van der Waals surface area (Å²) in [5.41, 5.74) is 0. The molecule has 0 aromatic rings. The Hall–Kier alpha value is 0.510. The molecule has 0 radical (unpaired) electrons. The molecule has 0 rings (SSSR count). The molecule has 0 aromatic heterocycles. The van der Waals surface area contributed by atoms with Crippen LogP contribution in [0.2, 0.25) is 0 Å². The Morgan fingerprint density at radius 1 is 1.38 bits per heavy atom. The Kier molecular flexibility index (Phi) is 7.99. The zero-order valence-electron chi connectivity index (χ0n) is 4.74. The molecule has 0 nitrogen and oxygen atoms in total. The van der Waals surface area contributed by atoms with Crippen LogP contribution in [0.15, 0.2) is 12.2 Å². The van der Waals surface area contributed by atoms with Crippen molar-refractivity contribution in [1.29, 1.82) is 0 Å². The van der Waals surface area contributed by atoms with Gasteiger partial charge in [-0.2, -0.15) is 0 Å². The lowest BCUT2D eigenvalue weighted by Gasteiger charge is -1.83. The fourth-order valence-corrected chi connectivity index (χ4v) is 0.794. The fraction of sp³-hybridized carbons (Fsp3) is 0.667. The van der Waals surface area contributed by atoms with Gasteiger partial charge in [0.15, 0.2) is 0 Å². The van der Waals surface area contributed by atoms with Gasteiger partial charge in [-0.05, 0) is 12.8 Å². The van der Waals surface area contributed by atoms with Crippen LogP contribution in [0, 0.1) is 0 Å². The Bertz CT molecular complexity index is 61.5. The predicted molar refractivity (Wildman–Crippen MR) is 42.9 cm³/mol. The van der Waals surface area contributed by atoms with Crippen molar-refractivity contribution in [2.75, 3.05) is 11.2 Å². The summed E-state index contributed by atoms with van der Waals surface area (Å²) in [4.78, 5) is 0. The average Bonchev–Trinajstić information content (AvgIpc) is 1.81. The molecule has 2 heteroatoms. The Morgan fingerprint density at radius 3 is 2.62 bits per heavy atom. The molecule has 0 saturated carbocycles. The third kappa shape index (κ3) is 6.51. The van der Waals surface area contributed by atoms with E-state index < -0.39 is 0 Å². The first-order valence-corrected chi connectivity index (χ1v) is 4.34. The zero-order valence-corrected chi connectivity index (χ0v) is 7.08. The smallest absolute Gasteiger partial charge is 0.0226 e. The molecule has 0 saturated heterocycles. The van der Waals surface area contributed by atoms with Gasteiger partial charge in [0.25, 0.3) is 0 Å². The zero-order chi connectivity index (χ0) is 6.24. The van der Waals surface area contributed by atoms with Crippen LogP contribution in [-0.2, 0) is 0 Å². The molecule has 0 aromatic carbocycles. The van der Waals surface area contributed by atoms with E-state index in [1.807, 2.05) is 0 Å². The Balaban J connectivity index is 2.80. The SMILES string of the molecule is ClCCC/C=C/CBr. The van der Waals surface area contributed by atoms with E-state index in [-0.39, 0.29) is 0 Å². The van der Waals surface area contributed by atoms with E-state index in [4.69, 9.17) is 11.6 Å². The van der Waals surface area contributed by atoms with Gasteiger partial charge in [-0.1, -0.05) is 28.1 Å². The van der Waals surface area contributed by atoms with Crippen LogP contribution < -0.4 is 0 Å². The summed E-state index contributed by atoms with van der Waals surface area (Å²) in [7, 11) is 0. The molecule has 0 bridgehead atoms. The third-order valence-corrected chi connectivity index (χ3v) is 1.40. The van der Waals surface area contributed by atoms with E-state index in [1.54, 1.807) is 0 Å². The van der Waals surface area contributed by atoms with Crippen molar-refractivity contribution < 1.29 is 0 Å². The molecule has 0 spiro atoms. The topological polar surface area (TPSA) is 0 Å². The lowest BCUT2D eigenvalue weighted by atomic mass is 10.3. The molecular formula is C6H10BrCl. The average molecular weight is 198 g/mol. The van der Waals surface area contributed by atoms with E-state index in [1.165, 1.54) is 0 Å². The van der Waals surface area contributed by atoms with E-state index in [9.17, 15) is 0 Å². The molecule has 0 fully saturated rings. The van der Waals surface area contributed by atoms with Crippen LogP contribution in [0.1, 0.15) is 12.8 Å². The molecule has 0 atom stereocenters. The molecule has 0 N–H and O–H groups in total. The molecule has 0 aliphatic carbocycles. The highest BCUT2D eigenvalue weighted by Gasteiger charge is 1.76. The highest BCUT2D eigenvalue weighted by Crippen LogP contribution is 1.93. The maximum Gasteiger partial charge on any atom is 0.0226 e. The minimum Gasteiger partial charge on any atom is -0.127 e. The molecule has 0 amide bonds. The first-order chi connectivity index (χ1) is 3.91. The number of halogens is 2. The van der Waals surface area contributed by atoms with Gasteiger partial charge in [0.2, 0.25) is 0 Å². The first kappa shape index (κ1) is 8.51. The van der Waals surface area contributed by atoms with E-state index in [0.717, 1.165) is 24.1 Å². The lowest BCUT2D eigenvalue weighted by molar-refractivity contribution is 0.965. The van der Waals surface area contributed by atoms with Crippen molar-refractivity contribution in [3.05, 3.63) is 12.2 Å². The second-order valence-corrected chi connectivity index (χ2v) is 2.48.